The summed E-state index contributed by atoms with van der Waals surface area (Å²) in [6.07, 6.45) is -5.17. The molecule has 0 radical (unpaired) electrons. The summed E-state index contributed by atoms with van der Waals surface area (Å²) in [7, 11) is 0. The number of alkyl halides is 5. The van der Waals surface area contributed by atoms with Gasteiger partial charge in [-0.3, -0.25) is 4.79 Å². The van der Waals surface area contributed by atoms with Crippen molar-refractivity contribution in [3.8, 4) is 0 Å². The predicted molar refractivity (Wildman–Crippen MR) is 90.8 cm³/mol. The highest BCUT2D eigenvalue weighted by atomic mass is 32.1. The van der Waals surface area contributed by atoms with Gasteiger partial charge < -0.3 is 0 Å². The number of hydrogen-bond donors (Lipinski definition) is 0. The van der Waals surface area contributed by atoms with Gasteiger partial charge in [-0.05, 0) is 53.0 Å². The van der Waals surface area contributed by atoms with E-state index in [1.165, 1.54) is 0 Å². The van der Waals surface area contributed by atoms with Crippen molar-refractivity contribution in [2.75, 3.05) is 0 Å². The van der Waals surface area contributed by atoms with Crippen LogP contribution < -0.4 is 0 Å². The maximum Gasteiger partial charge on any atom is 0.416 e. The maximum absolute atomic E-state index is 13.5. The first-order valence-corrected chi connectivity index (χ1v) is 8.62. The molecule has 3 nitrogen and oxygen atoms in total. The first-order chi connectivity index (χ1) is 12.5. The third-order valence-corrected chi connectivity index (χ3v) is 4.63. The van der Waals surface area contributed by atoms with Crippen LogP contribution in [0.3, 0.4) is 0 Å². The van der Waals surface area contributed by atoms with Gasteiger partial charge in [0.2, 0.25) is 0 Å². The average molecular weight is 400 g/mol. The summed E-state index contributed by atoms with van der Waals surface area (Å²) in [6.45, 7) is 0.520. The van der Waals surface area contributed by atoms with Crippen LogP contribution in [0.5, 0.6) is 0 Å². The molecule has 1 aromatic heterocycles. The molecule has 0 spiro atoms. The fraction of sp³-hybridized carbons (Fsp3) is 0.278. The van der Waals surface area contributed by atoms with Crippen molar-refractivity contribution in [2.45, 2.75) is 31.9 Å². The summed E-state index contributed by atoms with van der Waals surface area (Å²) in [5, 5.41) is 3.88. The van der Waals surface area contributed by atoms with E-state index in [1.54, 1.807) is 18.2 Å². The Hall–Kier alpha value is -2.42. The third-order valence-electron chi connectivity index (χ3n) is 3.94. The molecule has 0 fully saturated rings. The number of Topliss-reactive ketones (excluding diaryl/α,β-unsaturated/α-hetero) is 1. The molecule has 0 aliphatic rings. The highest BCUT2D eigenvalue weighted by molar-refractivity contribution is 7.12. The minimum Gasteiger partial charge on any atom is -0.299 e. The Kier molecular flexibility index (Phi) is 4.98. The summed E-state index contributed by atoms with van der Waals surface area (Å²) >= 11 is 1.16. The van der Waals surface area contributed by atoms with E-state index in [1.807, 2.05) is 0 Å². The molecule has 0 saturated heterocycles. The van der Waals surface area contributed by atoms with Gasteiger partial charge in [0.1, 0.15) is 11.3 Å². The van der Waals surface area contributed by atoms with Gasteiger partial charge in [-0.1, -0.05) is 10.6 Å². The number of carbonyl (C=O) groups is 1. The molecular weight excluding hydrogens is 387 g/mol. The predicted octanol–water partition coefficient (Wildman–Crippen LogP) is 5.18. The second kappa shape index (κ2) is 6.95. The minimum atomic E-state index is -4.77. The highest BCUT2D eigenvalue weighted by Crippen LogP contribution is 2.35. The SMILES string of the molecule is CC(F)(F)c1cc(CC(=O)Cc2ccc3nnsc3c2)cc(C(F)(F)F)c1. The van der Waals surface area contributed by atoms with E-state index in [4.69, 9.17) is 0 Å². The van der Waals surface area contributed by atoms with E-state index < -0.39 is 23.2 Å². The number of ketones is 1. The highest BCUT2D eigenvalue weighted by Gasteiger charge is 2.34. The molecule has 0 saturated carbocycles. The number of benzene rings is 2. The molecule has 0 N–H and O–H groups in total. The Morgan fingerprint density at radius 1 is 0.963 bits per heavy atom. The van der Waals surface area contributed by atoms with Gasteiger partial charge in [-0.15, -0.1) is 5.10 Å². The van der Waals surface area contributed by atoms with E-state index in [-0.39, 0.29) is 24.2 Å². The Labute approximate surface area is 155 Å². The van der Waals surface area contributed by atoms with Gasteiger partial charge >= 0.3 is 6.18 Å². The molecule has 3 aromatic rings. The van der Waals surface area contributed by atoms with Gasteiger partial charge in [0.15, 0.2) is 0 Å². The Morgan fingerprint density at radius 2 is 1.63 bits per heavy atom. The Bertz CT molecular complexity index is 959. The molecule has 0 aliphatic heterocycles. The summed E-state index contributed by atoms with van der Waals surface area (Å²) in [4.78, 5) is 12.3. The number of rotatable bonds is 5. The zero-order valence-electron chi connectivity index (χ0n) is 14.0. The Morgan fingerprint density at radius 3 is 2.30 bits per heavy atom. The third kappa shape index (κ3) is 4.65. The average Bonchev–Trinajstić information content (AvgIpc) is 3.00. The molecule has 0 amide bonds. The fourth-order valence-corrected chi connectivity index (χ4v) is 3.28. The number of aromatic nitrogens is 2. The monoisotopic (exact) mass is 400 g/mol. The first kappa shape index (κ1) is 19.3. The second-order valence-corrected chi connectivity index (χ2v) is 7.06. The van der Waals surface area contributed by atoms with Gasteiger partial charge in [0, 0.05) is 25.3 Å². The van der Waals surface area contributed by atoms with Crippen LogP contribution in [0.2, 0.25) is 0 Å². The van der Waals surface area contributed by atoms with Crippen molar-refractivity contribution >= 4 is 27.5 Å². The normalized spacial score (nSPS) is 12.5. The molecule has 142 valence electrons. The van der Waals surface area contributed by atoms with Crippen LogP contribution in [-0.4, -0.2) is 15.4 Å². The van der Waals surface area contributed by atoms with E-state index in [0.717, 1.165) is 28.4 Å². The zero-order chi connectivity index (χ0) is 19.8. The quantitative estimate of drug-likeness (QED) is 0.555. The molecule has 0 unspecified atom stereocenters. The number of fused-ring (bicyclic) bond motifs is 1. The van der Waals surface area contributed by atoms with Gasteiger partial charge in [-0.25, -0.2) is 8.78 Å². The fourth-order valence-electron chi connectivity index (χ4n) is 2.66. The summed E-state index contributed by atoms with van der Waals surface area (Å²) in [5.74, 6) is -3.82. The lowest BCUT2D eigenvalue weighted by molar-refractivity contribution is -0.138. The summed E-state index contributed by atoms with van der Waals surface area (Å²) < 4.78 is 70.6. The largest absolute Gasteiger partial charge is 0.416 e. The lowest BCUT2D eigenvalue weighted by atomic mass is 9.97. The lowest BCUT2D eigenvalue weighted by Crippen LogP contribution is -2.14. The van der Waals surface area contributed by atoms with Crippen LogP contribution in [0, 0.1) is 0 Å². The standard InChI is InChI=1S/C18H13F5N2OS/c1-17(19,20)12-4-11(5-13(9-12)18(21,22)23)7-14(26)6-10-2-3-15-16(8-10)27-25-24-15/h2-5,8-9H,6-7H2,1H3. The van der Waals surface area contributed by atoms with Crippen molar-refractivity contribution in [1.29, 1.82) is 0 Å². The minimum absolute atomic E-state index is 0.0259. The zero-order valence-corrected chi connectivity index (χ0v) is 14.8. The Balaban J connectivity index is 1.83. The van der Waals surface area contributed by atoms with Gasteiger partial charge in [-0.2, -0.15) is 13.2 Å². The van der Waals surface area contributed by atoms with Gasteiger partial charge in [0.05, 0.1) is 10.3 Å². The molecular formula is C18H13F5N2OS. The number of halogens is 5. The van der Waals surface area contributed by atoms with E-state index in [0.29, 0.717) is 24.1 Å². The smallest absolute Gasteiger partial charge is 0.299 e. The molecule has 3 rings (SSSR count). The van der Waals surface area contributed by atoms with E-state index >= 15 is 0 Å². The van der Waals surface area contributed by atoms with Crippen molar-refractivity contribution in [1.82, 2.24) is 9.59 Å². The topological polar surface area (TPSA) is 42.9 Å². The van der Waals surface area contributed by atoms with Crippen LogP contribution in [0.15, 0.2) is 36.4 Å². The molecule has 0 atom stereocenters. The molecule has 1 heterocycles. The van der Waals surface area contributed by atoms with Crippen molar-refractivity contribution < 1.29 is 26.7 Å². The molecule has 2 aromatic carbocycles. The molecule has 27 heavy (non-hydrogen) atoms. The lowest BCUT2D eigenvalue weighted by Gasteiger charge is -2.16. The molecule has 9 heteroatoms. The maximum atomic E-state index is 13.5. The number of carbonyl (C=O) groups excluding carboxylic acids is 1. The van der Waals surface area contributed by atoms with Crippen LogP contribution in [0.1, 0.15) is 29.2 Å². The van der Waals surface area contributed by atoms with E-state index in [9.17, 15) is 26.7 Å². The van der Waals surface area contributed by atoms with Crippen LogP contribution >= 0.6 is 11.5 Å². The second-order valence-electron chi connectivity index (χ2n) is 6.27. The summed E-state index contributed by atoms with van der Waals surface area (Å²) in [6, 6.07) is 7.21. The first-order valence-electron chi connectivity index (χ1n) is 7.84. The molecule has 0 bridgehead atoms. The van der Waals surface area contributed by atoms with E-state index in [2.05, 4.69) is 9.59 Å². The van der Waals surface area contributed by atoms with Crippen molar-refractivity contribution in [3.05, 3.63) is 58.7 Å². The van der Waals surface area contributed by atoms with Crippen LogP contribution in [0.25, 0.3) is 10.2 Å². The molecule has 0 aliphatic carbocycles. The number of nitrogens with zero attached hydrogens (tertiary/aromatic N) is 2. The number of hydrogen-bond acceptors (Lipinski definition) is 4. The van der Waals surface area contributed by atoms with Crippen molar-refractivity contribution in [2.24, 2.45) is 0 Å². The van der Waals surface area contributed by atoms with Crippen LogP contribution in [-0.2, 0) is 29.7 Å². The summed E-state index contributed by atoms with van der Waals surface area (Å²) in [5.41, 5.74) is -0.707. The van der Waals surface area contributed by atoms with Gasteiger partial charge in [0.25, 0.3) is 5.92 Å². The van der Waals surface area contributed by atoms with Crippen LogP contribution in [0.4, 0.5) is 22.0 Å². The van der Waals surface area contributed by atoms with Crippen molar-refractivity contribution in [3.63, 3.8) is 0 Å².